The Morgan fingerprint density at radius 3 is 3.36 bits per heavy atom. The van der Waals surface area contributed by atoms with Crippen LogP contribution < -0.4 is 10.6 Å². The van der Waals surface area contributed by atoms with Crippen molar-refractivity contribution in [2.75, 3.05) is 25.0 Å². The number of nitrogens with one attached hydrogen (secondary N) is 2. The van der Waals surface area contributed by atoms with Gasteiger partial charge >= 0.3 is 0 Å². The molecule has 1 fully saturated rings. The fourth-order valence-corrected chi connectivity index (χ4v) is 1.60. The molecule has 1 saturated heterocycles. The fourth-order valence-electron chi connectivity index (χ4n) is 1.15. The maximum Gasteiger partial charge on any atom is 0.256 e. The molecule has 1 atom stereocenters. The Labute approximate surface area is 84.7 Å². The van der Waals surface area contributed by atoms with Crippen molar-refractivity contribution in [1.82, 2.24) is 15.5 Å². The molecule has 0 aliphatic carbocycles. The van der Waals surface area contributed by atoms with Crippen molar-refractivity contribution in [2.24, 2.45) is 0 Å². The van der Waals surface area contributed by atoms with Gasteiger partial charge in [0, 0.05) is 13.1 Å². The van der Waals surface area contributed by atoms with Crippen molar-refractivity contribution in [3.63, 3.8) is 0 Å². The number of rotatable bonds is 2. The summed E-state index contributed by atoms with van der Waals surface area (Å²) in [5.74, 6) is -0.172. The van der Waals surface area contributed by atoms with E-state index in [1.807, 2.05) is 0 Å². The van der Waals surface area contributed by atoms with Gasteiger partial charge in [-0.05, 0) is 0 Å². The van der Waals surface area contributed by atoms with E-state index in [-0.39, 0.29) is 5.91 Å². The van der Waals surface area contributed by atoms with Crippen LogP contribution in [0.4, 0.5) is 5.13 Å². The third-order valence-corrected chi connectivity index (χ3v) is 2.42. The number of morpholine rings is 1. The molecule has 2 rings (SSSR count). The van der Waals surface area contributed by atoms with E-state index in [4.69, 9.17) is 4.74 Å². The molecule has 2 heterocycles. The van der Waals surface area contributed by atoms with E-state index in [1.165, 1.54) is 11.3 Å². The van der Waals surface area contributed by atoms with E-state index in [2.05, 4.69) is 20.8 Å². The first-order valence-corrected chi connectivity index (χ1v) is 5.13. The third kappa shape index (κ3) is 2.25. The lowest BCUT2D eigenvalue weighted by Gasteiger charge is -2.21. The number of carbonyl (C=O) groups is 1. The highest BCUT2D eigenvalue weighted by atomic mass is 32.1. The second kappa shape index (κ2) is 4.45. The van der Waals surface area contributed by atoms with Crippen LogP contribution in [-0.2, 0) is 9.53 Å². The molecule has 14 heavy (non-hydrogen) atoms. The van der Waals surface area contributed by atoms with Crippen LogP contribution in [0.15, 0.2) is 5.51 Å². The summed E-state index contributed by atoms with van der Waals surface area (Å²) in [5.41, 5.74) is 1.57. The largest absolute Gasteiger partial charge is 0.366 e. The molecule has 0 spiro atoms. The second-order valence-electron chi connectivity index (χ2n) is 2.80. The molecule has 6 nitrogen and oxygen atoms in total. The van der Waals surface area contributed by atoms with E-state index in [1.54, 1.807) is 5.51 Å². The van der Waals surface area contributed by atoms with E-state index in [0.29, 0.717) is 18.3 Å². The summed E-state index contributed by atoms with van der Waals surface area (Å²) >= 11 is 1.29. The summed E-state index contributed by atoms with van der Waals surface area (Å²) in [6.45, 7) is 1.90. The first-order chi connectivity index (χ1) is 6.86. The molecular formula is C7H10N4O2S. The maximum absolute atomic E-state index is 11.5. The van der Waals surface area contributed by atoms with Gasteiger partial charge in [-0.1, -0.05) is 11.3 Å². The highest BCUT2D eigenvalue weighted by molar-refractivity contribution is 7.13. The highest BCUT2D eigenvalue weighted by Crippen LogP contribution is 2.09. The zero-order chi connectivity index (χ0) is 9.80. The quantitative estimate of drug-likeness (QED) is 0.692. The van der Waals surface area contributed by atoms with Crippen LogP contribution in [0.5, 0.6) is 0 Å². The minimum Gasteiger partial charge on any atom is -0.366 e. The average Bonchev–Trinajstić information content (AvgIpc) is 2.72. The molecule has 2 N–H and O–H groups in total. The van der Waals surface area contributed by atoms with Gasteiger partial charge in [0.1, 0.15) is 11.6 Å². The number of aromatic nitrogens is 2. The van der Waals surface area contributed by atoms with Crippen LogP contribution in [0.3, 0.4) is 0 Å². The standard InChI is InChI=1S/C7H10N4O2S/c12-6(5-3-8-1-2-13-5)10-7-11-9-4-14-7/h4-5,8H,1-3H2,(H,10,11,12)/t5-/m0/s1. The molecule has 0 aromatic carbocycles. The van der Waals surface area contributed by atoms with Crippen LogP contribution in [0.1, 0.15) is 0 Å². The second-order valence-corrected chi connectivity index (χ2v) is 3.63. The Hall–Kier alpha value is -1.05. The van der Waals surface area contributed by atoms with Crippen molar-refractivity contribution in [1.29, 1.82) is 0 Å². The minimum atomic E-state index is -0.423. The molecule has 0 saturated carbocycles. The summed E-state index contributed by atoms with van der Waals surface area (Å²) in [4.78, 5) is 11.5. The zero-order valence-electron chi connectivity index (χ0n) is 7.40. The number of ether oxygens (including phenoxy) is 1. The zero-order valence-corrected chi connectivity index (χ0v) is 8.21. The van der Waals surface area contributed by atoms with Gasteiger partial charge in [0.2, 0.25) is 5.13 Å². The van der Waals surface area contributed by atoms with Gasteiger partial charge in [-0.15, -0.1) is 10.2 Å². The Kier molecular flexibility index (Phi) is 3.02. The summed E-state index contributed by atoms with van der Waals surface area (Å²) in [6, 6.07) is 0. The molecule has 0 radical (unpaired) electrons. The normalized spacial score (nSPS) is 21.9. The van der Waals surface area contributed by atoms with E-state index < -0.39 is 6.10 Å². The SMILES string of the molecule is O=C(Nc1nncs1)[C@@H]1CNCCO1. The lowest BCUT2D eigenvalue weighted by Crippen LogP contribution is -2.45. The predicted octanol–water partition coefficient (Wildman–Crippen LogP) is -0.535. The van der Waals surface area contributed by atoms with Gasteiger partial charge in [-0.2, -0.15) is 0 Å². The molecule has 0 unspecified atom stereocenters. The van der Waals surface area contributed by atoms with Gasteiger partial charge in [0.25, 0.3) is 5.91 Å². The lowest BCUT2D eigenvalue weighted by molar-refractivity contribution is -0.128. The molecule has 1 aromatic rings. The van der Waals surface area contributed by atoms with Crippen LogP contribution in [-0.4, -0.2) is 41.9 Å². The first kappa shape index (κ1) is 9.50. The Morgan fingerprint density at radius 1 is 1.79 bits per heavy atom. The van der Waals surface area contributed by atoms with Gasteiger partial charge in [-0.3, -0.25) is 10.1 Å². The number of hydrogen-bond donors (Lipinski definition) is 2. The summed E-state index contributed by atoms with van der Waals surface area (Å²) in [7, 11) is 0. The number of amides is 1. The molecule has 1 aromatic heterocycles. The molecule has 1 aliphatic rings. The average molecular weight is 214 g/mol. The molecule has 0 bridgehead atoms. The van der Waals surface area contributed by atoms with Crippen LogP contribution in [0.25, 0.3) is 0 Å². The Bertz CT molecular complexity index is 297. The highest BCUT2D eigenvalue weighted by Gasteiger charge is 2.22. The molecule has 76 valence electrons. The van der Waals surface area contributed by atoms with E-state index >= 15 is 0 Å². The number of anilines is 1. The van der Waals surface area contributed by atoms with Gasteiger partial charge in [0.05, 0.1) is 6.61 Å². The summed E-state index contributed by atoms with van der Waals surface area (Å²) < 4.78 is 5.27. The van der Waals surface area contributed by atoms with Crippen molar-refractivity contribution >= 4 is 22.4 Å². The molecule has 1 aliphatic heterocycles. The predicted molar refractivity (Wildman–Crippen MR) is 51.1 cm³/mol. The molecule has 1 amide bonds. The third-order valence-electron chi connectivity index (χ3n) is 1.81. The van der Waals surface area contributed by atoms with Crippen molar-refractivity contribution in [2.45, 2.75) is 6.10 Å². The van der Waals surface area contributed by atoms with Crippen molar-refractivity contribution in [3.05, 3.63) is 5.51 Å². The van der Waals surface area contributed by atoms with E-state index in [0.717, 1.165) is 6.54 Å². The smallest absolute Gasteiger partial charge is 0.256 e. The topological polar surface area (TPSA) is 76.1 Å². The lowest BCUT2D eigenvalue weighted by atomic mass is 10.3. The van der Waals surface area contributed by atoms with Gasteiger partial charge < -0.3 is 10.1 Å². The summed E-state index contributed by atoms with van der Waals surface area (Å²) in [6.07, 6.45) is -0.423. The number of nitrogens with zero attached hydrogens (tertiary/aromatic N) is 2. The maximum atomic E-state index is 11.5. The number of hydrogen-bond acceptors (Lipinski definition) is 6. The fraction of sp³-hybridized carbons (Fsp3) is 0.571. The van der Waals surface area contributed by atoms with E-state index in [9.17, 15) is 4.79 Å². The van der Waals surface area contributed by atoms with Crippen molar-refractivity contribution < 1.29 is 9.53 Å². The van der Waals surface area contributed by atoms with Crippen LogP contribution >= 0.6 is 11.3 Å². The van der Waals surface area contributed by atoms with Crippen molar-refractivity contribution in [3.8, 4) is 0 Å². The van der Waals surface area contributed by atoms with Gasteiger partial charge in [-0.25, -0.2) is 0 Å². The van der Waals surface area contributed by atoms with Crippen LogP contribution in [0, 0.1) is 0 Å². The van der Waals surface area contributed by atoms with Gasteiger partial charge in [0.15, 0.2) is 0 Å². The monoisotopic (exact) mass is 214 g/mol. The summed E-state index contributed by atoms with van der Waals surface area (Å²) in [5, 5.41) is 13.5. The number of carbonyl (C=O) groups excluding carboxylic acids is 1. The van der Waals surface area contributed by atoms with Crippen LogP contribution in [0.2, 0.25) is 0 Å². The Morgan fingerprint density at radius 2 is 2.71 bits per heavy atom. The Balaban J connectivity index is 1.88. The molecule has 7 heteroatoms. The molecular weight excluding hydrogens is 204 g/mol. The first-order valence-electron chi connectivity index (χ1n) is 4.25. The minimum absolute atomic E-state index is 0.172.